The van der Waals surface area contributed by atoms with E-state index in [1.165, 1.54) is 18.2 Å². The number of fused-ring (bicyclic) bond motifs is 1. The summed E-state index contributed by atoms with van der Waals surface area (Å²) in [6.45, 7) is 12.3. The van der Waals surface area contributed by atoms with Crippen LogP contribution in [0.15, 0.2) is 23.1 Å². The molecule has 1 N–H and O–H groups in total. The summed E-state index contributed by atoms with van der Waals surface area (Å²) >= 11 is 0. The molecular formula is C20H30N4O4S. The van der Waals surface area contributed by atoms with Crippen LogP contribution in [-0.2, 0) is 10.0 Å². The molecule has 2 aliphatic heterocycles. The third-order valence-electron chi connectivity index (χ3n) is 5.53. The van der Waals surface area contributed by atoms with E-state index in [-0.39, 0.29) is 21.9 Å². The normalized spacial score (nSPS) is 19.6. The molecule has 2 amide bonds. The standard InChI is InChI=1S/C20H30N4O4S/c1-4-22-10-12-23(13-11-22)9-5-8-21-19(25)16-6-7-17-18(14-16)29(27,28)24(15(2)3)20(17)26/h6-7,14-15H,4-5,8-13H2,1-3H3,(H,21,25). The Morgan fingerprint density at radius 3 is 2.41 bits per heavy atom. The highest BCUT2D eigenvalue weighted by molar-refractivity contribution is 7.90. The molecular weight excluding hydrogens is 392 g/mol. The molecule has 0 unspecified atom stereocenters. The summed E-state index contributed by atoms with van der Waals surface area (Å²) in [5.41, 5.74) is 0.378. The molecule has 0 atom stereocenters. The first kappa shape index (κ1) is 21.7. The van der Waals surface area contributed by atoms with Gasteiger partial charge in [0.1, 0.15) is 4.90 Å². The van der Waals surface area contributed by atoms with Crippen LogP contribution in [0.2, 0.25) is 0 Å². The molecule has 3 rings (SSSR count). The van der Waals surface area contributed by atoms with Gasteiger partial charge in [0.05, 0.1) is 5.56 Å². The Bertz CT molecular complexity index is 876. The molecule has 1 aromatic rings. The number of rotatable bonds is 7. The number of benzene rings is 1. The Labute approximate surface area is 172 Å². The van der Waals surface area contributed by atoms with Crippen molar-refractivity contribution in [1.29, 1.82) is 0 Å². The minimum absolute atomic E-state index is 0.0855. The zero-order valence-corrected chi connectivity index (χ0v) is 18.2. The molecule has 9 heteroatoms. The second-order valence-electron chi connectivity index (χ2n) is 7.80. The highest BCUT2D eigenvalue weighted by Gasteiger charge is 2.42. The second-order valence-corrected chi connectivity index (χ2v) is 9.58. The van der Waals surface area contributed by atoms with E-state index in [9.17, 15) is 18.0 Å². The fraction of sp³-hybridized carbons (Fsp3) is 0.600. The summed E-state index contributed by atoms with van der Waals surface area (Å²) in [4.78, 5) is 29.6. The molecule has 2 aliphatic rings. The number of sulfonamides is 1. The van der Waals surface area contributed by atoms with Gasteiger partial charge >= 0.3 is 0 Å². The van der Waals surface area contributed by atoms with Crippen LogP contribution in [0.25, 0.3) is 0 Å². The van der Waals surface area contributed by atoms with Crippen molar-refractivity contribution in [1.82, 2.24) is 19.4 Å². The number of amides is 2. The first-order valence-corrected chi connectivity index (χ1v) is 11.7. The third-order valence-corrected chi connectivity index (χ3v) is 7.53. The van der Waals surface area contributed by atoms with E-state index < -0.39 is 22.0 Å². The molecule has 0 bridgehead atoms. The Hall–Kier alpha value is -1.97. The van der Waals surface area contributed by atoms with Gasteiger partial charge in [-0.2, -0.15) is 0 Å². The maximum Gasteiger partial charge on any atom is 0.269 e. The third kappa shape index (κ3) is 4.46. The lowest BCUT2D eigenvalue weighted by Crippen LogP contribution is -2.46. The summed E-state index contributed by atoms with van der Waals surface area (Å²) in [7, 11) is -3.90. The van der Waals surface area contributed by atoms with Gasteiger partial charge in [-0.05, 0) is 51.6 Å². The largest absolute Gasteiger partial charge is 0.352 e. The maximum absolute atomic E-state index is 12.7. The van der Waals surface area contributed by atoms with E-state index in [4.69, 9.17) is 0 Å². The number of likely N-dealkylation sites (N-methyl/N-ethyl adjacent to an activating group) is 1. The van der Waals surface area contributed by atoms with E-state index >= 15 is 0 Å². The van der Waals surface area contributed by atoms with E-state index in [1.807, 2.05) is 0 Å². The van der Waals surface area contributed by atoms with Crippen molar-refractivity contribution >= 4 is 21.8 Å². The van der Waals surface area contributed by atoms with Crippen LogP contribution < -0.4 is 5.32 Å². The van der Waals surface area contributed by atoms with Crippen LogP contribution in [0, 0.1) is 0 Å². The monoisotopic (exact) mass is 422 g/mol. The van der Waals surface area contributed by atoms with Crippen LogP contribution in [0.5, 0.6) is 0 Å². The molecule has 8 nitrogen and oxygen atoms in total. The number of hydrogen-bond acceptors (Lipinski definition) is 6. The quantitative estimate of drug-likeness (QED) is 0.660. The summed E-state index contributed by atoms with van der Waals surface area (Å²) < 4.78 is 26.2. The van der Waals surface area contributed by atoms with Gasteiger partial charge in [0.2, 0.25) is 0 Å². The lowest BCUT2D eigenvalue weighted by Gasteiger charge is -2.33. The Morgan fingerprint density at radius 1 is 1.14 bits per heavy atom. The van der Waals surface area contributed by atoms with Gasteiger partial charge in [-0.25, -0.2) is 12.7 Å². The molecule has 1 saturated heterocycles. The zero-order valence-electron chi connectivity index (χ0n) is 17.3. The van der Waals surface area contributed by atoms with Gasteiger partial charge in [0, 0.05) is 44.3 Å². The second kappa shape index (κ2) is 8.81. The first-order chi connectivity index (χ1) is 13.8. The van der Waals surface area contributed by atoms with Gasteiger partial charge in [-0.1, -0.05) is 6.92 Å². The average Bonchev–Trinajstić information content (AvgIpc) is 2.90. The maximum atomic E-state index is 12.7. The van der Waals surface area contributed by atoms with Crippen molar-refractivity contribution in [2.45, 2.75) is 38.1 Å². The van der Waals surface area contributed by atoms with Crippen LogP contribution in [0.3, 0.4) is 0 Å². The molecule has 2 heterocycles. The van der Waals surface area contributed by atoms with Crippen molar-refractivity contribution in [3.63, 3.8) is 0 Å². The van der Waals surface area contributed by atoms with Crippen LogP contribution in [0.1, 0.15) is 47.9 Å². The number of nitrogens with zero attached hydrogens (tertiary/aromatic N) is 3. The molecule has 1 fully saturated rings. The van der Waals surface area contributed by atoms with Crippen molar-refractivity contribution < 1.29 is 18.0 Å². The van der Waals surface area contributed by atoms with E-state index in [2.05, 4.69) is 22.0 Å². The van der Waals surface area contributed by atoms with Gasteiger partial charge in [0.15, 0.2) is 0 Å². The molecule has 0 aromatic heterocycles. The van der Waals surface area contributed by atoms with E-state index in [0.29, 0.717) is 6.54 Å². The van der Waals surface area contributed by atoms with E-state index in [0.717, 1.165) is 50.0 Å². The highest BCUT2D eigenvalue weighted by atomic mass is 32.2. The lowest BCUT2D eigenvalue weighted by molar-refractivity contribution is 0.0845. The van der Waals surface area contributed by atoms with Crippen molar-refractivity contribution in [3.05, 3.63) is 29.3 Å². The number of hydrogen-bond donors (Lipinski definition) is 1. The zero-order chi connectivity index (χ0) is 21.2. The van der Waals surface area contributed by atoms with Crippen molar-refractivity contribution in [2.75, 3.05) is 45.8 Å². The SMILES string of the molecule is CCN1CCN(CCCNC(=O)c2ccc3c(c2)S(=O)(=O)N(C(C)C)C3=O)CC1. The number of piperazine rings is 1. The summed E-state index contributed by atoms with van der Waals surface area (Å²) in [5, 5.41) is 2.85. The smallest absolute Gasteiger partial charge is 0.269 e. The summed E-state index contributed by atoms with van der Waals surface area (Å²) in [5.74, 6) is -0.862. The fourth-order valence-electron chi connectivity index (χ4n) is 3.84. The van der Waals surface area contributed by atoms with Crippen LogP contribution >= 0.6 is 0 Å². The minimum atomic E-state index is -3.90. The number of carbonyl (C=O) groups is 2. The molecule has 29 heavy (non-hydrogen) atoms. The Balaban J connectivity index is 1.55. The predicted molar refractivity (Wildman–Crippen MR) is 110 cm³/mol. The average molecular weight is 423 g/mol. The van der Waals surface area contributed by atoms with Gasteiger partial charge in [0.25, 0.3) is 21.8 Å². The number of nitrogens with one attached hydrogen (secondary N) is 1. The fourth-order valence-corrected chi connectivity index (χ4v) is 5.63. The topological polar surface area (TPSA) is 90.0 Å². The van der Waals surface area contributed by atoms with Gasteiger partial charge in [-0.15, -0.1) is 0 Å². The van der Waals surface area contributed by atoms with Crippen molar-refractivity contribution in [2.24, 2.45) is 0 Å². The van der Waals surface area contributed by atoms with Gasteiger partial charge < -0.3 is 15.1 Å². The molecule has 1 aromatic carbocycles. The van der Waals surface area contributed by atoms with Crippen LogP contribution in [-0.4, -0.2) is 86.2 Å². The lowest BCUT2D eigenvalue weighted by atomic mass is 10.1. The molecule has 160 valence electrons. The molecule has 0 radical (unpaired) electrons. The summed E-state index contributed by atoms with van der Waals surface area (Å²) in [6.07, 6.45) is 0.834. The Morgan fingerprint density at radius 2 is 1.79 bits per heavy atom. The summed E-state index contributed by atoms with van der Waals surface area (Å²) in [6, 6.07) is 3.77. The van der Waals surface area contributed by atoms with E-state index in [1.54, 1.807) is 13.8 Å². The predicted octanol–water partition coefficient (Wildman–Crippen LogP) is 0.997. The molecule has 0 spiro atoms. The number of carbonyl (C=O) groups excluding carboxylic acids is 2. The molecule has 0 saturated carbocycles. The minimum Gasteiger partial charge on any atom is -0.352 e. The molecule has 0 aliphatic carbocycles. The first-order valence-electron chi connectivity index (χ1n) is 10.2. The highest BCUT2D eigenvalue weighted by Crippen LogP contribution is 2.32. The van der Waals surface area contributed by atoms with Gasteiger partial charge in [-0.3, -0.25) is 9.59 Å². The van der Waals surface area contributed by atoms with Crippen LogP contribution in [0.4, 0.5) is 0 Å². The Kier molecular flexibility index (Phi) is 6.60. The van der Waals surface area contributed by atoms with Crippen molar-refractivity contribution in [3.8, 4) is 0 Å².